The van der Waals surface area contributed by atoms with Crippen LogP contribution in [0.25, 0.3) is 0 Å². The van der Waals surface area contributed by atoms with Crippen molar-refractivity contribution in [3.05, 3.63) is 60.7 Å². The molecule has 0 aliphatic rings. The summed E-state index contributed by atoms with van der Waals surface area (Å²) in [5.41, 5.74) is 2.89. The van der Waals surface area contributed by atoms with Gasteiger partial charge in [0.15, 0.2) is 0 Å². The predicted octanol–water partition coefficient (Wildman–Crippen LogP) is 7.12. The van der Waals surface area contributed by atoms with Crippen molar-refractivity contribution in [2.24, 2.45) is 0 Å². The van der Waals surface area contributed by atoms with E-state index < -0.39 is 8.07 Å². The van der Waals surface area contributed by atoms with Crippen LogP contribution in [0, 0.1) is 12.3 Å². The molecule has 26 heavy (non-hydrogen) atoms. The first-order valence-electron chi connectivity index (χ1n) is 9.61. The lowest BCUT2D eigenvalue weighted by atomic mass is 10.2. The van der Waals surface area contributed by atoms with Crippen LogP contribution in [0.3, 0.4) is 0 Å². The number of terminal acetylenes is 1. The summed E-state index contributed by atoms with van der Waals surface area (Å²) in [6.07, 6.45) is 8.17. The lowest BCUT2D eigenvalue weighted by molar-refractivity contribution is 0.668. The van der Waals surface area contributed by atoms with Crippen molar-refractivity contribution in [1.29, 1.82) is 0 Å². The zero-order chi connectivity index (χ0) is 19.2. The third kappa shape index (κ3) is 4.80. The number of hydrogen-bond donors (Lipinski definition) is 0. The molecule has 1 nitrogen and oxygen atoms in total. The monoisotopic (exact) mass is 363 g/mol. The smallest absolute Gasteiger partial charge is 0.0695 e. The quantitative estimate of drug-likeness (QED) is 0.374. The lowest BCUT2D eigenvalue weighted by Crippen LogP contribution is -2.42. The summed E-state index contributed by atoms with van der Waals surface area (Å²) in [5.74, 6) is 3.15. The molecule has 0 fully saturated rings. The maximum Gasteiger partial charge on any atom is 0.0695 e. The molecule has 2 rings (SSSR count). The highest BCUT2D eigenvalue weighted by Gasteiger charge is 2.40. The Morgan fingerprint density at radius 3 is 1.77 bits per heavy atom. The molecule has 0 amide bonds. The summed E-state index contributed by atoms with van der Waals surface area (Å²) in [4.78, 5) is 2.40. The van der Waals surface area contributed by atoms with Crippen LogP contribution in [0.2, 0.25) is 23.7 Å². The maximum atomic E-state index is 5.97. The Kier molecular flexibility index (Phi) is 6.73. The Hall–Kier alpha value is -1.98. The van der Waals surface area contributed by atoms with Crippen LogP contribution < -0.4 is 4.90 Å². The Morgan fingerprint density at radius 2 is 1.38 bits per heavy atom. The van der Waals surface area contributed by atoms with Gasteiger partial charge in [0.05, 0.1) is 8.07 Å². The van der Waals surface area contributed by atoms with Crippen molar-refractivity contribution in [1.82, 2.24) is 0 Å². The van der Waals surface area contributed by atoms with Crippen molar-refractivity contribution < 1.29 is 0 Å². The third-order valence-corrected chi connectivity index (χ3v) is 12.1. The largest absolute Gasteiger partial charge is 0.341 e. The van der Waals surface area contributed by atoms with Gasteiger partial charge in [-0.25, -0.2) is 0 Å². The summed E-state index contributed by atoms with van der Waals surface area (Å²) in [6, 6.07) is 21.3. The van der Waals surface area contributed by atoms with Crippen molar-refractivity contribution in [3.8, 4) is 12.3 Å². The molecule has 0 aromatic heterocycles. The van der Waals surface area contributed by atoms with Crippen LogP contribution in [0.15, 0.2) is 60.7 Å². The van der Waals surface area contributed by atoms with Crippen LogP contribution in [0.1, 0.15) is 33.6 Å². The van der Waals surface area contributed by atoms with E-state index in [1.54, 1.807) is 0 Å². The molecule has 0 aliphatic carbocycles. The van der Waals surface area contributed by atoms with E-state index in [1.807, 2.05) is 0 Å². The van der Waals surface area contributed by atoms with Crippen LogP contribution in [0.4, 0.5) is 11.4 Å². The van der Waals surface area contributed by atoms with Gasteiger partial charge in [0.2, 0.25) is 0 Å². The van der Waals surface area contributed by atoms with Gasteiger partial charge in [-0.15, -0.1) is 12.3 Å². The average Bonchev–Trinajstić information content (AvgIpc) is 2.62. The van der Waals surface area contributed by atoms with Gasteiger partial charge in [0.25, 0.3) is 0 Å². The first-order chi connectivity index (χ1) is 12.3. The van der Waals surface area contributed by atoms with Gasteiger partial charge in [-0.2, -0.15) is 0 Å². The summed E-state index contributed by atoms with van der Waals surface area (Å²) < 4.78 is 0. The summed E-state index contributed by atoms with van der Waals surface area (Å²) in [6.45, 7) is 12.9. The van der Waals surface area contributed by atoms with E-state index in [4.69, 9.17) is 6.42 Å². The summed E-state index contributed by atoms with van der Waals surface area (Å²) in [5, 5.41) is 0.322. The number of para-hydroxylation sites is 2. The predicted molar refractivity (Wildman–Crippen MR) is 119 cm³/mol. The third-order valence-electron chi connectivity index (χ3n) is 6.02. The molecular weight excluding hydrogens is 330 g/mol. The highest BCUT2D eigenvalue weighted by atomic mass is 28.3. The molecule has 0 N–H and O–H groups in total. The van der Waals surface area contributed by atoms with Gasteiger partial charge in [-0.1, -0.05) is 70.3 Å². The van der Waals surface area contributed by atoms with Crippen molar-refractivity contribution in [2.75, 3.05) is 11.4 Å². The van der Waals surface area contributed by atoms with Gasteiger partial charge in [-0.3, -0.25) is 0 Å². The zero-order valence-electron chi connectivity index (χ0n) is 17.0. The average molecular weight is 364 g/mol. The van der Waals surface area contributed by atoms with Gasteiger partial charge < -0.3 is 4.90 Å². The molecule has 2 heteroatoms. The Bertz CT molecular complexity index is 668. The topological polar surface area (TPSA) is 3.24 Å². The fourth-order valence-corrected chi connectivity index (χ4v) is 5.64. The normalized spacial score (nSPS) is 13.1. The maximum absolute atomic E-state index is 5.97. The Morgan fingerprint density at radius 1 is 0.923 bits per heavy atom. The van der Waals surface area contributed by atoms with E-state index in [1.165, 1.54) is 11.4 Å². The van der Waals surface area contributed by atoms with Crippen molar-refractivity contribution in [3.63, 3.8) is 0 Å². The van der Waals surface area contributed by atoms with Crippen LogP contribution in [-0.4, -0.2) is 14.6 Å². The minimum Gasteiger partial charge on any atom is -0.341 e. The fourth-order valence-electron chi connectivity index (χ4n) is 3.25. The molecule has 1 atom stereocenters. The van der Waals surface area contributed by atoms with Gasteiger partial charge in [-0.05, 0) is 42.1 Å². The number of benzene rings is 2. The first kappa shape index (κ1) is 20.3. The van der Waals surface area contributed by atoms with Gasteiger partial charge >= 0.3 is 0 Å². The van der Waals surface area contributed by atoms with Gasteiger partial charge in [0, 0.05) is 23.5 Å². The SMILES string of the molecule is C#CC(CCCN(c1ccccc1)c1ccccc1)[Si](C)(C)C(C)(C)C. The molecule has 2 aromatic rings. The van der Waals surface area contributed by atoms with Crippen molar-refractivity contribution >= 4 is 19.4 Å². The van der Waals surface area contributed by atoms with Gasteiger partial charge in [0.1, 0.15) is 0 Å². The van der Waals surface area contributed by atoms with E-state index in [2.05, 4.69) is 105 Å². The van der Waals surface area contributed by atoms with Crippen LogP contribution in [-0.2, 0) is 0 Å². The second kappa shape index (κ2) is 8.60. The van der Waals surface area contributed by atoms with E-state index in [-0.39, 0.29) is 0 Å². The second-order valence-corrected chi connectivity index (χ2v) is 14.3. The van der Waals surface area contributed by atoms with E-state index in [9.17, 15) is 0 Å². The molecule has 138 valence electrons. The molecule has 0 saturated carbocycles. The van der Waals surface area contributed by atoms with E-state index >= 15 is 0 Å². The Balaban J connectivity index is 2.12. The fraction of sp³-hybridized carbons (Fsp3) is 0.417. The number of nitrogens with zero attached hydrogens (tertiary/aromatic N) is 1. The second-order valence-electron chi connectivity index (χ2n) is 8.66. The lowest BCUT2D eigenvalue weighted by Gasteiger charge is -2.41. The molecule has 0 radical (unpaired) electrons. The van der Waals surface area contributed by atoms with Crippen LogP contribution >= 0.6 is 0 Å². The highest BCUT2D eigenvalue weighted by Crippen LogP contribution is 2.45. The number of rotatable bonds is 7. The van der Waals surface area contributed by atoms with E-state index in [0.29, 0.717) is 10.6 Å². The highest BCUT2D eigenvalue weighted by molar-refractivity contribution is 6.82. The molecular formula is C24H33NSi. The molecule has 0 bridgehead atoms. The Labute approximate surface area is 161 Å². The molecule has 2 aromatic carbocycles. The molecule has 0 spiro atoms. The number of hydrogen-bond acceptors (Lipinski definition) is 1. The molecule has 0 aliphatic heterocycles. The molecule has 0 saturated heterocycles. The first-order valence-corrected chi connectivity index (χ1v) is 12.7. The zero-order valence-corrected chi connectivity index (χ0v) is 18.0. The number of anilines is 2. The molecule has 0 heterocycles. The summed E-state index contributed by atoms with van der Waals surface area (Å²) >= 11 is 0. The van der Waals surface area contributed by atoms with Crippen LogP contribution in [0.5, 0.6) is 0 Å². The minimum absolute atomic E-state index is 0.322. The molecule has 1 unspecified atom stereocenters. The summed E-state index contributed by atoms with van der Waals surface area (Å²) in [7, 11) is -1.52. The minimum atomic E-state index is -1.52. The standard InChI is InChI=1S/C24H33NSi/c1-7-23(26(5,6)24(2,3)4)19-14-20-25(21-15-10-8-11-16-21)22-17-12-9-13-18-22/h1,8-13,15-18,23H,14,19-20H2,2-6H3. The van der Waals surface area contributed by atoms with E-state index in [0.717, 1.165) is 19.4 Å². The van der Waals surface area contributed by atoms with Crippen molar-refractivity contribution in [2.45, 2.75) is 57.3 Å².